The van der Waals surface area contributed by atoms with Crippen LogP contribution >= 0.6 is 0 Å². The van der Waals surface area contributed by atoms with E-state index in [4.69, 9.17) is 4.74 Å². The number of nitrogens with one attached hydrogen (secondary N) is 1. The van der Waals surface area contributed by atoms with Gasteiger partial charge in [-0.1, -0.05) is 30.3 Å². The molecule has 0 aliphatic heterocycles. The zero-order valence-electron chi connectivity index (χ0n) is 11.0. The summed E-state index contributed by atoms with van der Waals surface area (Å²) in [4.78, 5) is 15.1. The van der Waals surface area contributed by atoms with Crippen molar-refractivity contribution < 1.29 is 13.9 Å². The standard InChI is InChI=1S/C15H15FN2O2/c1-11(13-7-8-17-14(16)9-13)18-15(19)20-10-12-5-3-2-4-6-12/h2-9,11H,10H2,1H3,(H,18,19). The van der Waals surface area contributed by atoms with E-state index in [1.54, 1.807) is 13.0 Å². The molecule has 0 aliphatic rings. The molecule has 104 valence electrons. The highest BCUT2D eigenvalue weighted by Crippen LogP contribution is 2.12. The lowest BCUT2D eigenvalue weighted by molar-refractivity contribution is 0.136. The lowest BCUT2D eigenvalue weighted by atomic mass is 10.1. The smallest absolute Gasteiger partial charge is 0.407 e. The summed E-state index contributed by atoms with van der Waals surface area (Å²) in [5, 5.41) is 2.64. The number of carbonyl (C=O) groups is 1. The van der Waals surface area contributed by atoms with Crippen LogP contribution in [0.5, 0.6) is 0 Å². The van der Waals surface area contributed by atoms with E-state index < -0.39 is 12.0 Å². The molecule has 0 fully saturated rings. The van der Waals surface area contributed by atoms with Gasteiger partial charge in [0.2, 0.25) is 5.95 Å². The fourth-order valence-electron chi connectivity index (χ4n) is 1.71. The van der Waals surface area contributed by atoms with Gasteiger partial charge in [0, 0.05) is 6.20 Å². The predicted molar refractivity (Wildman–Crippen MR) is 72.4 cm³/mol. The van der Waals surface area contributed by atoms with Gasteiger partial charge in [-0.3, -0.25) is 0 Å². The first-order chi connectivity index (χ1) is 9.65. The van der Waals surface area contributed by atoms with Crippen LogP contribution in [0.25, 0.3) is 0 Å². The highest BCUT2D eigenvalue weighted by atomic mass is 19.1. The van der Waals surface area contributed by atoms with Gasteiger partial charge in [-0.15, -0.1) is 0 Å². The van der Waals surface area contributed by atoms with Gasteiger partial charge >= 0.3 is 6.09 Å². The fraction of sp³-hybridized carbons (Fsp3) is 0.200. The van der Waals surface area contributed by atoms with E-state index in [-0.39, 0.29) is 12.6 Å². The summed E-state index contributed by atoms with van der Waals surface area (Å²) in [6.07, 6.45) is 0.816. The second-order valence-electron chi connectivity index (χ2n) is 4.34. The molecule has 0 spiro atoms. The molecule has 4 nitrogen and oxygen atoms in total. The van der Waals surface area contributed by atoms with E-state index in [2.05, 4.69) is 10.3 Å². The number of aromatic nitrogens is 1. The number of rotatable bonds is 4. The van der Waals surface area contributed by atoms with Crippen molar-refractivity contribution in [2.75, 3.05) is 0 Å². The Morgan fingerprint density at radius 2 is 2.10 bits per heavy atom. The van der Waals surface area contributed by atoms with Crippen molar-refractivity contribution in [3.8, 4) is 0 Å². The van der Waals surface area contributed by atoms with Crippen LogP contribution in [0.4, 0.5) is 9.18 Å². The molecule has 0 saturated heterocycles. The summed E-state index contributed by atoms with van der Waals surface area (Å²) >= 11 is 0. The topological polar surface area (TPSA) is 51.2 Å². The number of amides is 1. The van der Waals surface area contributed by atoms with Crippen LogP contribution < -0.4 is 5.32 Å². The van der Waals surface area contributed by atoms with Crippen molar-refractivity contribution in [1.82, 2.24) is 10.3 Å². The number of carbonyl (C=O) groups excluding carboxylic acids is 1. The number of pyridine rings is 1. The molecule has 2 rings (SSSR count). The van der Waals surface area contributed by atoms with Crippen molar-refractivity contribution in [3.05, 3.63) is 65.7 Å². The Morgan fingerprint density at radius 3 is 2.80 bits per heavy atom. The van der Waals surface area contributed by atoms with E-state index in [0.717, 1.165) is 5.56 Å². The van der Waals surface area contributed by atoms with Gasteiger partial charge in [0.15, 0.2) is 0 Å². The van der Waals surface area contributed by atoms with Crippen LogP contribution in [0.15, 0.2) is 48.7 Å². The third-order valence-electron chi connectivity index (χ3n) is 2.80. The first kappa shape index (κ1) is 14.0. The molecule has 1 amide bonds. The van der Waals surface area contributed by atoms with E-state index >= 15 is 0 Å². The molecule has 1 aromatic carbocycles. The lowest BCUT2D eigenvalue weighted by Crippen LogP contribution is -2.27. The van der Waals surface area contributed by atoms with Crippen LogP contribution in [-0.4, -0.2) is 11.1 Å². The summed E-state index contributed by atoms with van der Waals surface area (Å²) in [6.45, 7) is 1.95. The minimum Gasteiger partial charge on any atom is -0.445 e. The zero-order valence-corrected chi connectivity index (χ0v) is 11.0. The molecular weight excluding hydrogens is 259 g/mol. The second kappa shape index (κ2) is 6.65. The maximum atomic E-state index is 13.0. The summed E-state index contributed by atoms with van der Waals surface area (Å²) in [5.41, 5.74) is 1.54. The quantitative estimate of drug-likeness (QED) is 0.871. The summed E-state index contributed by atoms with van der Waals surface area (Å²) in [5.74, 6) is -0.575. The number of benzene rings is 1. The number of nitrogens with zero attached hydrogens (tertiary/aromatic N) is 1. The van der Waals surface area contributed by atoms with Gasteiger partial charge in [-0.25, -0.2) is 9.78 Å². The fourth-order valence-corrected chi connectivity index (χ4v) is 1.71. The lowest BCUT2D eigenvalue weighted by Gasteiger charge is -2.14. The Kier molecular flexibility index (Phi) is 4.65. The number of ether oxygens (including phenoxy) is 1. The van der Waals surface area contributed by atoms with Gasteiger partial charge in [0.1, 0.15) is 6.61 Å². The Hall–Kier alpha value is -2.43. The monoisotopic (exact) mass is 274 g/mol. The number of halogens is 1. The first-order valence-corrected chi connectivity index (χ1v) is 6.24. The zero-order chi connectivity index (χ0) is 14.4. The van der Waals surface area contributed by atoms with E-state index in [1.165, 1.54) is 12.3 Å². The van der Waals surface area contributed by atoms with Crippen LogP contribution in [0.2, 0.25) is 0 Å². The average molecular weight is 274 g/mol. The molecule has 1 heterocycles. The van der Waals surface area contributed by atoms with Crippen molar-refractivity contribution >= 4 is 6.09 Å². The maximum Gasteiger partial charge on any atom is 0.407 e. The first-order valence-electron chi connectivity index (χ1n) is 6.24. The third-order valence-corrected chi connectivity index (χ3v) is 2.80. The number of alkyl carbamates (subject to hydrolysis) is 1. The third kappa shape index (κ3) is 4.05. The van der Waals surface area contributed by atoms with Gasteiger partial charge in [-0.05, 0) is 30.2 Å². The molecule has 0 aliphatic carbocycles. The molecule has 1 N–H and O–H groups in total. The largest absolute Gasteiger partial charge is 0.445 e. The molecule has 0 radical (unpaired) electrons. The van der Waals surface area contributed by atoms with E-state index in [9.17, 15) is 9.18 Å². The Morgan fingerprint density at radius 1 is 1.35 bits per heavy atom. The van der Waals surface area contributed by atoms with Crippen LogP contribution in [0, 0.1) is 5.95 Å². The Labute approximate surface area is 116 Å². The minimum atomic E-state index is -0.575. The molecule has 5 heteroatoms. The van der Waals surface area contributed by atoms with Gasteiger partial charge in [0.25, 0.3) is 0 Å². The average Bonchev–Trinajstić information content (AvgIpc) is 2.46. The molecule has 20 heavy (non-hydrogen) atoms. The van der Waals surface area contributed by atoms with Crippen molar-refractivity contribution in [2.45, 2.75) is 19.6 Å². The number of hydrogen-bond acceptors (Lipinski definition) is 3. The molecular formula is C15H15FN2O2. The highest BCUT2D eigenvalue weighted by Gasteiger charge is 2.11. The van der Waals surface area contributed by atoms with Crippen LogP contribution in [0.1, 0.15) is 24.1 Å². The Bertz CT molecular complexity index is 575. The summed E-state index contributed by atoms with van der Waals surface area (Å²) in [6, 6.07) is 12.0. The van der Waals surface area contributed by atoms with Gasteiger partial charge in [0.05, 0.1) is 6.04 Å². The van der Waals surface area contributed by atoms with Crippen molar-refractivity contribution in [2.24, 2.45) is 0 Å². The van der Waals surface area contributed by atoms with E-state index in [0.29, 0.717) is 5.56 Å². The van der Waals surface area contributed by atoms with E-state index in [1.807, 2.05) is 30.3 Å². The van der Waals surface area contributed by atoms with Crippen LogP contribution in [-0.2, 0) is 11.3 Å². The van der Waals surface area contributed by atoms with Crippen LogP contribution in [0.3, 0.4) is 0 Å². The summed E-state index contributed by atoms with van der Waals surface area (Å²) in [7, 11) is 0. The number of hydrogen-bond donors (Lipinski definition) is 1. The molecule has 1 aromatic heterocycles. The molecule has 1 unspecified atom stereocenters. The molecule has 0 saturated carbocycles. The molecule has 0 bridgehead atoms. The van der Waals surface area contributed by atoms with Gasteiger partial charge in [-0.2, -0.15) is 4.39 Å². The summed E-state index contributed by atoms with van der Waals surface area (Å²) < 4.78 is 18.1. The van der Waals surface area contributed by atoms with Gasteiger partial charge < -0.3 is 10.1 Å². The second-order valence-corrected chi connectivity index (χ2v) is 4.34. The minimum absolute atomic E-state index is 0.199. The predicted octanol–water partition coefficient (Wildman–Crippen LogP) is 3.21. The highest BCUT2D eigenvalue weighted by molar-refractivity contribution is 5.67. The Balaban J connectivity index is 1.85. The SMILES string of the molecule is CC(NC(=O)OCc1ccccc1)c1ccnc(F)c1. The molecule has 1 atom stereocenters. The van der Waals surface area contributed by atoms with Crippen molar-refractivity contribution in [1.29, 1.82) is 0 Å². The normalized spacial score (nSPS) is 11.7. The molecule has 2 aromatic rings. The van der Waals surface area contributed by atoms with Crippen molar-refractivity contribution in [3.63, 3.8) is 0 Å². The maximum absolute atomic E-state index is 13.0.